The van der Waals surface area contributed by atoms with Crippen LogP contribution < -0.4 is 10.1 Å². The highest BCUT2D eigenvalue weighted by atomic mass is 16.6. The van der Waals surface area contributed by atoms with Gasteiger partial charge >= 0.3 is 5.97 Å². The molecular weight excluding hydrogens is 246 g/mol. The van der Waals surface area contributed by atoms with E-state index in [0.717, 1.165) is 17.9 Å². The molecule has 0 radical (unpaired) electrons. The third kappa shape index (κ3) is 3.94. The Morgan fingerprint density at radius 2 is 2.26 bits per heavy atom. The minimum Gasteiger partial charge on any atom is -0.478 e. The monoisotopic (exact) mass is 265 g/mol. The van der Waals surface area contributed by atoms with E-state index in [2.05, 4.69) is 5.32 Å². The number of ether oxygens (including phenoxy) is 3. The summed E-state index contributed by atoms with van der Waals surface area (Å²) in [6, 6.07) is 7.70. The fraction of sp³-hybridized carbons (Fsp3) is 0.500. The number of hydrogen-bond donors (Lipinski definition) is 1. The van der Waals surface area contributed by atoms with Gasteiger partial charge in [-0.25, -0.2) is 4.79 Å². The lowest BCUT2D eigenvalue weighted by molar-refractivity contribution is -0.143. The van der Waals surface area contributed by atoms with Gasteiger partial charge in [0.25, 0.3) is 0 Å². The number of benzene rings is 1. The number of nitrogens with one attached hydrogen (secondary N) is 1. The zero-order valence-electron chi connectivity index (χ0n) is 11.1. The summed E-state index contributed by atoms with van der Waals surface area (Å²) < 4.78 is 15.6. The van der Waals surface area contributed by atoms with Gasteiger partial charge in [-0.3, -0.25) is 0 Å². The van der Waals surface area contributed by atoms with Gasteiger partial charge in [0.1, 0.15) is 5.75 Å². The van der Waals surface area contributed by atoms with E-state index >= 15 is 0 Å². The molecule has 19 heavy (non-hydrogen) atoms. The molecule has 2 rings (SSSR count). The summed E-state index contributed by atoms with van der Waals surface area (Å²) >= 11 is 0. The Balaban J connectivity index is 1.93. The number of para-hydroxylation sites is 1. The van der Waals surface area contributed by atoms with Crippen LogP contribution in [-0.4, -0.2) is 38.9 Å². The molecule has 1 saturated heterocycles. The molecule has 1 heterocycles. The van der Waals surface area contributed by atoms with Crippen LogP contribution in [0, 0.1) is 0 Å². The van der Waals surface area contributed by atoms with Crippen molar-refractivity contribution in [1.29, 1.82) is 0 Å². The third-order valence-corrected chi connectivity index (χ3v) is 2.93. The molecule has 1 N–H and O–H groups in total. The normalized spacial score (nSPS) is 18.4. The van der Waals surface area contributed by atoms with Crippen LogP contribution in [-0.2, 0) is 20.8 Å². The second-order valence-electron chi connectivity index (χ2n) is 4.34. The summed E-state index contributed by atoms with van der Waals surface area (Å²) in [6.45, 7) is 2.56. The second-order valence-corrected chi connectivity index (χ2v) is 4.34. The second kappa shape index (κ2) is 7.11. The number of carbonyl (C=O) groups excluding carboxylic acids is 1. The lowest BCUT2D eigenvalue weighted by atomic mass is 10.2. The molecule has 104 valence electrons. The maximum Gasteiger partial charge on any atom is 0.347 e. The summed E-state index contributed by atoms with van der Waals surface area (Å²) in [5, 5.41) is 3.26. The lowest BCUT2D eigenvalue weighted by Gasteiger charge is -2.14. The van der Waals surface area contributed by atoms with Gasteiger partial charge in [-0.2, -0.15) is 0 Å². The Bertz CT molecular complexity index is 422. The first-order chi connectivity index (χ1) is 9.31. The number of hydrogen-bond acceptors (Lipinski definition) is 5. The van der Waals surface area contributed by atoms with Crippen LogP contribution in [0.3, 0.4) is 0 Å². The maximum atomic E-state index is 11.4. The van der Waals surface area contributed by atoms with Crippen LogP contribution in [0.5, 0.6) is 5.75 Å². The summed E-state index contributed by atoms with van der Waals surface area (Å²) in [5.41, 5.74) is 1.03. The summed E-state index contributed by atoms with van der Waals surface area (Å²) in [5.74, 6) is 0.457. The van der Waals surface area contributed by atoms with Crippen LogP contribution in [0.15, 0.2) is 24.3 Å². The number of esters is 1. The van der Waals surface area contributed by atoms with E-state index < -0.39 is 6.10 Å². The SMILES string of the molecule is COCCNCc1ccccc1OC1CCOC1=O. The fourth-order valence-corrected chi connectivity index (χ4v) is 1.90. The number of cyclic esters (lactones) is 1. The van der Waals surface area contributed by atoms with Gasteiger partial charge in [-0.15, -0.1) is 0 Å². The molecule has 1 aromatic carbocycles. The summed E-state index contributed by atoms with van der Waals surface area (Å²) in [6.07, 6.45) is 0.143. The molecule has 0 aliphatic carbocycles. The van der Waals surface area contributed by atoms with Crippen molar-refractivity contribution in [2.24, 2.45) is 0 Å². The topological polar surface area (TPSA) is 56.8 Å². The Morgan fingerprint density at radius 1 is 1.42 bits per heavy atom. The molecule has 1 fully saturated rings. The van der Waals surface area contributed by atoms with E-state index in [-0.39, 0.29) is 5.97 Å². The molecule has 5 nitrogen and oxygen atoms in total. The first-order valence-corrected chi connectivity index (χ1v) is 6.42. The fourth-order valence-electron chi connectivity index (χ4n) is 1.90. The number of methoxy groups -OCH3 is 1. The van der Waals surface area contributed by atoms with Crippen molar-refractivity contribution in [2.75, 3.05) is 26.9 Å². The van der Waals surface area contributed by atoms with Crippen LogP contribution >= 0.6 is 0 Å². The van der Waals surface area contributed by atoms with Gasteiger partial charge in [-0.05, 0) is 6.07 Å². The average molecular weight is 265 g/mol. The smallest absolute Gasteiger partial charge is 0.347 e. The molecule has 0 amide bonds. The van der Waals surface area contributed by atoms with Crippen molar-refractivity contribution in [3.8, 4) is 5.75 Å². The maximum absolute atomic E-state index is 11.4. The van der Waals surface area contributed by atoms with Crippen LogP contribution in [0.4, 0.5) is 0 Å². The van der Waals surface area contributed by atoms with Crippen molar-refractivity contribution in [3.05, 3.63) is 29.8 Å². The van der Waals surface area contributed by atoms with Gasteiger partial charge in [0.2, 0.25) is 0 Å². The molecule has 0 bridgehead atoms. The van der Waals surface area contributed by atoms with Gasteiger partial charge in [-0.1, -0.05) is 18.2 Å². The predicted octanol–water partition coefficient (Wildman–Crippen LogP) is 1.12. The minimum atomic E-state index is -0.472. The Kier molecular flexibility index (Phi) is 5.18. The van der Waals surface area contributed by atoms with Crippen LogP contribution in [0.25, 0.3) is 0 Å². The summed E-state index contributed by atoms with van der Waals surface area (Å²) in [7, 11) is 1.67. The van der Waals surface area contributed by atoms with Gasteiger partial charge in [0, 0.05) is 32.2 Å². The Morgan fingerprint density at radius 3 is 3.00 bits per heavy atom. The van der Waals surface area contributed by atoms with E-state index in [1.807, 2.05) is 24.3 Å². The Labute approximate surface area is 112 Å². The largest absolute Gasteiger partial charge is 0.478 e. The molecule has 1 aromatic rings. The predicted molar refractivity (Wildman–Crippen MR) is 70.0 cm³/mol. The zero-order chi connectivity index (χ0) is 13.5. The molecule has 1 atom stereocenters. The molecule has 0 saturated carbocycles. The van der Waals surface area contributed by atoms with E-state index in [1.165, 1.54) is 0 Å². The van der Waals surface area contributed by atoms with Gasteiger partial charge in [0.15, 0.2) is 6.10 Å². The first kappa shape index (κ1) is 13.8. The standard InChI is InChI=1S/C14H19NO4/c1-17-9-7-15-10-11-4-2-3-5-12(11)19-13-6-8-18-14(13)16/h2-5,13,15H,6-10H2,1H3. The molecular formula is C14H19NO4. The highest BCUT2D eigenvalue weighted by Gasteiger charge is 2.28. The average Bonchev–Trinajstić information content (AvgIpc) is 2.82. The van der Waals surface area contributed by atoms with E-state index in [4.69, 9.17) is 14.2 Å². The Hall–Kier alpha value is -1.59. The van der Waals surface area contributed by atoms with Crippen molar-refractivity contribution < 1.29 is 19.0 Å². The van der Waals surface area contributed by atoms with Crippen molar-refractivity contribution in [3.63, 3.8) is 0 Å². The number of rotatable bonds is 7. The van der Waals surface area contributed by atoms with Crippen molar-refractivity contribution >= 4 is 5.97 Å². The third-order valence-electron chi connectivity index (χ3n) is 2.93. The lowest BCUT2D eigenvalue weighted by Crippen LogP contribution is -2.23. The van der Waals surface area contributed by atoms with E-state index in [9.17, 15) is 4.79 Å². The first-order valence-electron chi connectivity index (χ1n) is 6.42. The van der Waals surface area contributed by atoms with Crippen LogP contribution in [0.2, 0.25) is 0 Å². The van der Waals surface area contributed by atoms with Gasteiger partial charge < -0.3 is 19.5 Å². The molecule has 1 aliphatic rings. The molecule has 1 aliphatic heterocycles. The number of carbonyl (C=O) groups is 1. The van der Waals surface area contributed by atoms with Gasteiger partial charge in [0.05, 0.1) is 13.2 Å². The molecule has 0 spiro atoms. The van der Waals surface area contributed by atoms with Crippen molar-refractivity contribution in [1.82, 2.24) is 5.32 Å². The highest BCUT2D eigenvalue weighted by molar-refractivity contribution is 5.76. The molecule has 0 aromatic heterocycles. The quantitative estimate of drug-likeness (QED) is 0.591. The zero-order valence-corrected chi connectivity index (χ0v) is 11.1. The minimum absolute atomic E-state index is 0.276. The van der Waals surface area contributed by atoms with E-state index in [0.29, 0.717) is 26.2 Å². The molecule has 1 unspecified atom stereocenters. The van der Waals surface area contributed by atoms with Crippen molar-refractivity contribution in [2.45, 2.75) is 19.1 Å². The molecule has 5 heteroatoms. The highest BCUT2D eigenvalue weighted by Crippen LogP contribution is 2.22. The van der Waals surface area contributed by atoms with E-state index in [1.54, 1.807) is 7.11 Å². The summed E-state index contributed by atoms with van der Waals surface area (Å²) in [4.78, 5) is 11.4. The van der Waals surface area contributed by atoms with Crippen LogP contribution in [0.1, 0.15) is 12.0 Å².